The number of fused-ring (bicyclic) bond motifs is 1. The van der Waals surface area contributed by atoms with E-state index in [9.17, 15) is 18.0 Å². The van der Waals surface area contributed by atoms with Gasteiger partial charge in [-0.3, -0.25) is 14.5 Å². The summed E-state index contributed by atoms with van der Waals surface area (Å²) in [5.74, 6) is -0.211. The topological polar surface area (TPSA) is 108 Å². The van der Waals surface area contributed by atoms with Gasteiger partial charge in [-0.15, -0.1) is 0 Å². The van der Waals surface area contributed by atoms with Gasteiger partial charge >= 0.3 is 0 Å². The molecule has 0 bridgehead atoms. The number of benzene rings is 2. The first-order chi connectivity index (χ1) is 15.6. The van der Waals surface area contributed by atoms with Crippen LogP contribution in [0.5, 0.6) is 5.75 Å². The number of rotatable bonds is 5. The summed E-state index contributed by atoms with van der Waals surface area (Å²) in [7, 11) is -3.88. The molecule has 9 nitrogen and oxygen atoms in total. The zero-order valence-corrected chi connectivity index (χ0v) is 19.9. The number of hydrogen-bond acceptors (Lipinski definition) is 6. The highest BCUT2D eigenvalue weighted by Crippen LogP contribution is 2.37. The van der Waals surface area contributed by atoms with E-state index >= 15 is 0 Å². The molecule has 1 saturated heterocycles. The number of halogens is 1. The Morgan fingerprint density at radius 2 is 1.91 bits per heavy atom. The van der Waals surface area contributed by atoms with Gasteiger partial charge in [0.2, 0.25) is 15.9 Å². The summed E-state index contributed by atoms with van der Waals surface area (Å²) in [6.45, 7) is 4.81. The van der Waals surface area contributed by atoms with Gasteiger partial charge in [-0.1, -0.05) is 23.7 Å². The number of nitrogens with zero attached hydrogens (tertiary/aromatic N) is 2. The lowest BCUT2D eigenvalue weighted by Crippen LogP contribution is -2.53. The number of carbonyl (C=O) groups excluding carboxylic acids is 2. The van der Waals surface area contributed by atoms with E-state index in [4.69, 9.17) is 16.3 Å². The Bertz CT molecular complexity index is 1200. The Kier molecular flexibility index (Phi) is 6.62. The molecule has 2 heterocycles. The van der Waals surface area contributed by atoms with Crippen molar-refractivity contribution in [1.82, 2.24) is 9.21 Å². The monoisotopic (exact) mass is 492 g/mol. The number of carbonyl (C=O) groups is 2. The van der Waals surface area contributed by atoms with Crippen LogP contribution in [0.25, 0.3) is 0 Å². The van der Waals surface area contributed by atoms with Crippen molar-refractivity contribution in [2.45, 2.75) is 24.8 Å². The molecule has 2 N–H and O–H groups in total. The average Bonchev–Trinajstić information content (AvgIpc) is 2.78. The SMILES string of the molecule is Cc1cccc(NC(=O)[C@H](C)N2CCN(S(=O)(=O)c3cc4c(cc3Cl)NC(=O)CO4)CC2)c1. The maximum atomic E-state index is 13.2. The number of hydrogen-bond donors (Lipinski definition) is 2. The lowest BCUT2D eigenvalue weighted by atomic mass is 10.2. The van der Waals surface area contributed by atoms with E-state index in [0.29, 0.717) is 18.8 Å². The molecule has 0 aromatic heterocycles. The predicted molar refractivity (Wildman–Crippen MR) is 125 cm³/mol. The third-order valence-corrected chi connectivity index (χ3v) is 8.13. The van der Waals surface area contributed by atoms with Crippen LogP contribution in [-0.4, -0.2) is 68.3 Å². The van der Waals surface area contributed by atoms with Crippen molar-refractivity contribution < 1.29 is 22.7 Å². The molecule has 1 atom stereocenters. The number of piperazine rings is 1. The van der Waals surface area contributed by atoms with E-state index in [1.165, 1.54) is 16.4 Å². The zero-order chi connectivity index (χ0) is 23.8. The third kappa shape index (κ3) is 4.98. The Balaban J connectivity index is 1.42. The summed E-state index contributed by atoms with van der Waals surface area (Å²) in [5, 5.41) is 5.53. The van der Waals surface area contributed by atoms with E-state index in [-0.39, 0.29) is 47.2 Å². The molecule has 2 aromatic rings. The van der Waals surface area contributed by atoms with E-state index < -0.39 is 16.1 Å². The lowest BCUT2D eigenvalue weighted by Gasteiger charge is -2.37. The molecule has 0 aliphatic carbocycles. The van der Waals surface area contributed by atoms with Crippen molar-refractivity contribution >= 4 is 44.8 Å². The van der Waals surface area contributed by atoms with Gasteiger partial charge in [0.1, 0.15) is 10.6 Å². The number of amides is 2. The first-order valence-corrected chi connectivity index (χ1v) is 12.3. The quantitative estimate of drug-likeness (QED) is 0.663. The Hall–Kier alpha value is -2.66. The number of anilines is 2. The van der Waals surface area contributed by atoms with Gasteiger partial charge < -0.3 is 15.4 Å². The van der Waals surface area contributed by atoms with Crippen molar-refractivity contribution in [1.29, 1.82) is 0 Å². The van der Waals surface area contributed by atoms with Crippen LogP contribution in [-0.2, 0) is 19.6 Å². The predicted octanol–water partition coefficient (Wildman–Crippen LogP) is 2.31. The fourth-order valence-corrected chi connectivity index (χ4v) is 5.82. The Morgan fingerprint density at radius 3 is 2.61 bits per heavy atom. The van der Waals surface area contributed by atoms with Crippen molar-refractivity contribution in [3.63, 3.8) is 0 Å². The molecule has 11 heteroatoms. The lowest BCUT2D eigenvalue weighted by molar-refractivity contribution is -0.121. The number of ether oxygens (including phenoxy) is 1. The van der Waals surface area contributed by atoms with Crippen LogP contribution >= 0.6 is 11.6 Å². The van der Waals surface area contributed by atoms with Crippen molar-refractivity contribution in [3.8, 4) is 5.75 Å². The maximum Gasteiger partial charge on any atom is 0.262 e. The number of sulfonamides is 1. The molecule has 0 spiro atoms. The largest absolute Gasteiger partial charge is 0.482 e. The third-order valence-electron chi connectivity index (χ3n) is 5.77. The van der Waals surface area contributed by atoms with Crippen molar-refractivity contribution in [2.75, 3.05) is 43.4 Å². The minimum atomic E-state index is -3.88. The molecule has 2 amide bonds. The number of aryl methyl sites for hydroxylation is 1. The van der Waals surface area contributed by atoms with Crippen LogP contribution in [0.3, 0.4) is 0 Å². The minimum Gasteiger partial charge on any atom is -0.482 e. The van der Waals surface area contributed by atoms with Gasteiger partial charge in [-0.2, -0.15) is 4.31 Å². The molecule has 4 rings (SSSR count). The smallest absolute Gasteiger partial charge is 0.262 e. The summed E-state index contributed by atoms with van der Waals surface area (Å²) in [6, 6.07) is 9.87. The minimum absolute atomic E-state index is 0.00730. The van der Waals surface area contributed by atoms with E-state index in [1.54, 1.807) is 6.92 Å². The molecule has 2 aromatic carbocycles. The van der Waals surface area contributed by atoms with Crippen molar-refractivity contribution in [2.24, 2.45) is 0 Å². The molecule has 0 saturated carbocycles. The highest BCUT2D eigenvalue weighted by Gasteiger charge is 2.34. The molecular weight excluding hydrogens is 468 g/mol. The Labute approximate surface area is 197 Å². The van der Waals surface area contributed by atoms with Gasteiger partial charge in [0, 0.05) is 37.9 Å². The fraction of sp³-hybridized carbons (Fsp3) is 0.364. The highest BCUT2D eigenvalue weighted by molar-refractivity contribution is 7.89. The molecule has 0 unspecified atom stereocenters. The first kappa shape index (κ1) is 23.5. The van der Waals surface area contributed by atoms with E-state index in [2.05, 4.69) is 10.6 Å². The van der Waals surface area contributed by atoms with Crippen LogP contribution in [0.4, 0.5) is 11.4 Å². The van der Waals surface area contributed by atoms with Gasteiger partial charge in [0.05, 0.1) is 16.8 Å². The van der Waals surface area contributed by atoms with Gasteiger partial charge in [-0.05, 0) is 37.6 Å². The average molecular weight is 493 g/mol. The summed E-state index contributed by atoms with van der Waals surface area (Å²) < 4.78 is 33.2. The summed E-state index contributed by atoms with van der Waals surface area (Å²) in [6.07, 6.45) is 0. The zero-order valence-electron chi connectivity index (χ0n) is 18.3. The highest BCUT2D eigenvalue weighted by atomic mass is 35.5. The standard InChI is InChI=1S/C22H25ClN4O5S/c1-14-4-3-5-16(10-14)24-22(29)15(2)26-6-8-27(9-7-26)33(30,31)20-12-19-18(11-17(20)23)25-21(28)13-32-19/h3-5,10-12,15H,6-9,13H2,1-2H3,(H,24,29)(H,25,28)/t15-/m0/s1. The first-order valence-electron chi connectivity index (χ1n) is 10.5. The second kappa shape index (κ2) is 9.30. The number of nitrogens with one attached hydrogen (secondary N) is 2. The van der Waals surface area contributed by atoms with Crippen molar-refractivity contribution in [3.05, 3.63) is 47.0 Å². The van der Waals surface area contributed by atoms with Crippen LogP contribution < -0.4 is 15.4 Å². The molecule has 2 aliphatic heterocycles. The second-order valence-electron chi connectivity index (χ2n) is 8.09. The summed E-state index contributed by atoms with van der Waals surface area (Å²) in [5.41, 5.74) is 2.12. The molecule has 2 aliphatic rings. The molecule has 33 heavy (non-hydrogen) atoms. The summed E-state index contributed by atoms with van der Waals surface area (Å²) in [4.78, 5) is 26.0. The Morgan fingerprint density at radius 1 is 1.18 bits per heavy atom. The molecule has 1 fully saturated rings. The van der Waals surface area contributed by atoms with Crippen LogP contribution in [0.1, 0.15) is 12.5 Å². The van der Waals surface area contributed by atoms with Crippen LogP contribution in [0, 0.1) is 6.92 Å². The van der Waals surface area contributed by atoms with Gasteiger partial charge in [-0.25, -0.2) is 8.42 Å². The maximum absolute atomic E-state index is 13.2. The second-order valence-corrected chi connectivity index (χ2v) is 10.4. The van der Waals surface area contributed by atoms with E-state index in [0.717, 1.165) is 11.3 Å². The molecular formula is C22H25ClN4O5S. The van der Waals surface area contributed by atoms with Gasteiger partial charge in [0.15, 0.2) is 6.61 Å². The summed E-state index contributed by atoms with van der Waals surface area (Å²) >= 11 is 6.25. The molecule has 0 radical (unpaired) electrons. The fourth-order valence-electron chi connectivity index (χ4n) is 3.88. The van der Waals surface area contributed by atoms with Crippen LogP contribution in [0.15, 0.2) is 41.3 Å². The van der Waals surface area contributed by atoms with Gasteiger partial charge in [0.25, 0.3) is 5.91 Å². The molecule has 176 valence electrons. The van der Waals surface area contributed by atoms with Crippen LogP contribution in [0.2, 0.25) is 5.02 Å². The van der Waals surface area contributed by atoms with E-state index in [1.807, 2.05) is 36.1 Å². The normalized spacial score (nSPS) is 18.1.